The predicted octanol–water partition coefficient (Wildman–Crippen LogP) is 4.48. The highest BCUT2D eigenvalue weighted by Crippen LogP contribution is 2.37. The summed E-state index contributed by atoms with van der Waals surface area (Å²) in [6.07, 6.45) is 8.07. The van der Waals surface area contributed by atoms with Crippen LogP contribution in [0, 0.1) is 11.7 Å². The van der Waals surface area contributed by atoms with Gasteiger partial charge >= 0.3 is 0 Å². The van der Waals surface area contributed by atoms with Crippen LogP contribution in [0.5, 0.6) is 0 Å². The van der Waals surface area contributed by atoms with Crippen molar-refractivity contribution >= 4 is 29.3 Å². The van der Waals surface area contributed by atoms with Gasteiger partial charge in [-0.05, 0) is 48.1 Å². The van der Waals surface area contributed by atoms with Crippen molar-refractivity contribution < 1.29 is 4.39 Å². The minimum Gasteiger partial charge on any atom is -0.347 e. The SMILES string of the molecule is Cn1cnc(Nc2nc(Cl)nc(N[C@@H](c3ccc(F)cc3)C3CCCC3)n2)c1. The van der Waals surface area contributed by atoms with E-state index in [-0.39, 0.29) is 17.1 Å². The third-order valence-corrected chi connectivity index (χ3v) is 5.11. The van der Waals surface area contributed by atoms with E-state index < -0.39 is 0 Å². The number of nitrogens with zero attached hydrogens (tertiary/aromatic N) is 5. The van der Waals surface area contributed by atoms with Crippen molar-refractivity contribution in [3.63, 3.8) is 0 Å². The number of nitrogens with one attached hydrogen (secondary N) is 2. The minimum atomic E-state index is -0.251. The Morgan fingerprint density at radius 3 is 2.50 bits per heavy atom. The van der Waals surface area contributed by atoms with Crippen molar-refractivity contribution in [2.75, 3.05) is 10.6 Å². The highest BCUT2D eigenvalue weighted by Gasteiger charge is 2.27. The molecular formula is C19H21ClFN7. The number of hydrogen-bond donors (Lipinski definition) is 2. The molecule has 28 heavy (non-hydrogen) atoms. The van der Waals surface area contributed by atoms with Gasteiger partial charge in [-0.3, -0.25) is 0 Å². The van der Waals surface area contributed by atoms with E-state index in [2.05, 4.69) is 30.6 Å². The third-order valence-electron chi connectivity index (χ3n) is 4.94. The van der Waals surface area contributed by atoms with Crippen LogP contribution >= 0.6 is 11.6 Å². The van der Waals surface area contributed by atoms with Crippen LogP contribution in [-0.4, -0.2) is 24.5 Å². The van der Waals surface area contributed by atoms with Gasteiger partial charge in [0, 0.05) is 13.2 Å². The molecule has 0 unspecified atom stereocenters. The molecular weight excluding hydrogens is 381 g/mol. The molecule has 1 fully saturated rings. The molecule has 0 spiro atoms. The number of aryl methyl sites for hydroxylation is 1. The number of halogens is 2. The molecule has 0 saturated heterocycles. The summed E-state index contributed by atoms with van der Waals surface area (Å²) in [6.45, 7) is 0. The molecule has 1 atom stereocenters. The van der Waals surface area contributed by atoms with Crippen LogP contribution in [-0.2, 0) is 7.05 Å². The quantitative estimate of drug-likeness (QED) is 0.633. The van der Waals surface area contributed by atoms with Gasteiger partial charge in [-0.1, -0.05) is 25.0 Å². The van der Waals surface area contributed by atoms with Gasteiger partial charge in [0.2, 0.25) is 17.2 Å². The number of benzene rings is 1. The molecule has 1 saturated carbocycles. The van der Waals surface area contributed by atoms with Crippen LogP contribution < -0.4 is 10.6 Å². The lowest BCUT2D eigenvalue weighted by Gasteiger charge is -2.25. The van der Waals surface area contributed by atoms with Gasteiger partial charge in [-0.25, -0.2) is 9.37 Å². The summed E-state index contributed by atoms with van der Waals surface area (Å²) < 4.78 is 15.2. The van der Waals surface area contributed by atoms with Crippen LogP contribution in [0.15, 0.2) is 36.8 Å². The van der Waals surface area contributed by atoms with Crippen LogP contribution in [0.4, 0.5) is 22.1 Å². The number of anilines is 3. The largest absolute Gasteiger partial charge is 0.347 e. The fourth-order valence-corrected chi connectivity index (χ4v) is 3.80. The first kappa shape index (κ1) is 18.6. The number of rotatable bonds is 6. The first-order chi connectivity index (χ1) is 13.6. The maximum Gasteiger partial charge on any atom is 0.234 e. The molecule has 1 aliphatic carbocycles. The molecule has 1 aromatic carbocycles. The zero-order valence-corrected chi connectivity index (χ0v) is 16.2. The Hall–Kier alpha value is -2.74. The van der Waals surface area contributed by atoms with Crippen molar-refractivity contribution in [1.82, 2.24) is 24.5 Å². The Labute approximate surface area is 167 Å². The summed E-state index contributed by atoms with van der Waals surface area (Å²) >= 11 is 6.11. The average Bonchev–Trinajstić information content (AvgIpc) is 3.32. The summed E-state index contributed by atoms with van der Waals surface area (Å²) in [7, 11) is 1.88. The summed E-state index contributed by atoms with van der Waals surface area (Å²) in [5.74, 6) is 1.47. The lowest BCUT2D eigenvalue weighted by atomic mass is 9.92. The van der Waals surface area contributed by atoms with Crippen LogP contribution in [0.2, 0.25) is 5.28 Å². The van der Waals surface area contributed by atoms with Crippen LogP contribution in [0.1, 0.15) is 37.3 Å². The molecule has 1 aliphatic rings. The van der Waals surface area contributed by atoms with Gasteiger partial charge in [0.15, 0.2) is 5.82 Å². The maximum absolute atomic E-state index is 13.4. The molecule has 9 heteroatoms. The fraction of sp³-hybridized carbons (Fsp3) is 0.368. The van der Waals surface area contributed by atoms with Gasteiger partial charge in [0.05, 0.1) is 12.4 Å². The first-order valence-electron chi connectivity index (χ1n) is 9.25. The molecule has 0 radical (unpaired) electrons. The average molecular weight is 402 g/mol. The van der Waals surface area contributed by atoms with Crippen molar-refractivity contribution in [2.24, 2.45) is 13.0 Å². The number of hydrogen-bond acceptors (Lipinski definition) is 6. The Kier molecular flexibility index (Phi) is 5.38. The van der Waals surface area contributed by atoms with Gasteiger partial charge in [0.1, 0.15) is 5.82 Å². The normalized spacial score (nSPS) is 15.5. The highest BCUT2D eigenvalue weighted by atomic mass is 35.5. The molecule has 2 N–H and O–H groups in total. The second kappa shape index (κ2) is 8.10. The smallest absolute Gasteiger partial charge is 0.234 e. The molecule has 0 bridgehead atoms. The van der Waals surface area contributed by atoms with Gasteiger partial charge in [-0.2, -0.15) is 15.0 Å². The molecule has 7 nitrogen and oxygen atoms in total. The first-order valence-corrected chi connectivity index (χ1v) is 9.63. The van der Waals surface area contributed by atoms with E-state index in [1.54, 1.807) is 18.5 Å². The zero-order valence-electron chi connectivity index (χ0n) is 15.4. The van der Waals surface area contributed by atoms with E-state index >= 15 is 0 Å². The lowest BCUT2D eigenvalue weighted by Crippen LogP contribution is -2.21. The molecule has 0 amide bonds. The van der Waals surface area contributed by atoms with E-state index in [0.717, 1.165) is 18.4 Å². The molecule has 0 aliphatic heterocycles. The molecule has 2 heterocycles. The summed E-state index contributed by atoms with van der Waals surface area (Å²) in [6, 6.07) is 6.55. The Bertz CT molecular complexity index is 938. The third kappa shape index (κ3) is 4.39. The second-order valence-corrected chi connectivity index (χ2v) is 7.36. The fourth-order valence-electron chi connectivity index (χ4n) is 3.64. The van der Waals surface area contributed by atoms with E-state index in [1.807, 2.05) is 17.8 Å². The zero-order chi connectivity index (χ0) is 19.5. The van der Waals surface area contributed by atoms with Crippen molar-refractivity contribution in [3.8, 4) is 0 Å². The Morgan fingerprint density at radius 1 is 1.11 bits per heavy atom. The van der Waals surface area contributed by atoms with Crippen LogP contribution in [0.3, 0.4) is 0 Å². The predicted molar refractivity (Wildman–Crippen MR) is 106 cm³/mol. The highest BCUT2D eigenvalue weighted by molar-refractivity contribution is 6.28. The molecule has 2 aromatic heterocycles. The molecule has 4 rings (SSSR count). The van der Waals surface area contributed by atoms with Crippen molar-refractivity contribution in [1.29, 1.82) is 0 Å². The maximum atomic E-state index is 13.4. The summed E-state index contributed by atoms with van der Waals surface area (Å²) in [5.41, 5.74) is 1.00. The number of imidazole rings is 1. The monoisotopic (exact) mass is 401 g/mol. The number of aromatic nitrogens is 5. The topological polar surface area (TPSA) is 80.5 Å². The van der Waals surface area contributed by atoms with E-state index in [1.165, 1.54) is 25.0 Å². The van der Waals surface area contributed by atoms with Crippen molar-refractivity contribution in [3.05, 3.63) is 53.5 Å². The Balaban J connectivity index is 1.59. The van der Waals surface area contributed by atoms with Crippen LogP contribution in [0.25, 0.3) is 0 Å². The Morgan fingerprint density at radius 2 is 1.82 bits per heavy atom. The van der Waals surface area contributed by atoms with Crippen molar-refractivity contribution in [2.45, 2.75) is 31.7 Å². The lowest BCUT2D eigenvalue weighted by molar-refractivity contribution is 0.467. The van der Waals surface area contributed by atoms with Gasteiger partial charge in [-0.15, -0.1) is 0 Å². The van der Waals surface area contributed by atoms with Gasteiger partial charge in [0.25, 0.3) is 0 Å². The summed E-state index contributed by atoms with van der Waals surface area (Å²) in [5, 5.41) is 6.51. The van der Waals surface area contributed by atoms with E-state index in [4.69, 9.17) is 11.6 Å². The van der Waals surface area contributed by atoms with E-state index in [0.29, 0.717) is 23.6 Å². The standard InChI is InChI=1S/C19H21ClFN7/c1-28-10-15(22-11-28)23-18-25-17(20)26-19(27-18)24-16(12-4-2-3-5-12)13-6-8-14(21)9-7-13/h6-12,16H,2-5H2,1H3,(H2,23,24,25,26,27)/t16-/m1/s1. The van der Waals surface area contributed by atoms with Gasteiger partial charge < -0.3 is 15.2 Å². The second-order valence-electron chi connectivity index (χ2n) is 7.02. The van der Waals surface area contributed by atoms with E-state index in [9.17, 15) is 4.39 Å². The summed E-state index contributed by atoms with van der Waals surface area (Å²) in [4.78, 5) is 17.0. The molecule has 3 aromatic rings. The molecule has 146 valence electrons. The minimum absolute atomic E-state index is 0.0238.